The molecule has 0 atom stereocenters. The minimum absolute atomic E-state index is 0.0123. The van der Waals surface area contributed by atoms with Gasteiger partial charge in [0.1, 0.15) is 5.54 Å². The lowest BCUT2D eigenvalue weighted by Crippen LogP contribution is -2.52. The number of carbonyl (C=O) groups is 1. The molecule has 0 saturated carbocycles. The van der Waals surface area contributed by atoms with E-state index in [4.69, 9.17) is 5.26 Å². The summed E-state index contributed by atoms with van der Waals surface area (Å²) in [7, 11) is -3.99. The van der Waals surface area contributed by atoms with Crippen molar-refractivity contribution in [3.8, 4) is 6.07 Å². The molecule has 7 heteroatoms. The van der Waals surface area contributed by atoms with E-state index in [-0.39, 0.29) is 17.0 Å². The lowest BCUT2D eigenvalue weighted by molar-refractivity contribution is -0.146. The van der Waals surface area contributed by atoms with Crippen molar-refractivity contribution >= 4 is 16.0 Å². The van der Waals surface area contributed by atoms with Crippen molar-refractivity contribution in [3.63, 3.8) is 0 Å². The van der Waals surface area contributed by atoms with Gasteiger partial charge in [-0.05, 0) is 32.0 Å². The predicted octanol–water partition coefficient (Wildman–Crippen LogP) is 1.43. The van der Waals surface area contributed by atoms with Gasteiger partial charge >= 0.3 is 5.97 Å². The zero-order valence-corrected chi connectivity index (χ0v) is 12.3. The third-order valence-corrected chi connectivity index (χ3v) is 5.13. The van der Waals surface area contributed by atoms with Crippen molar-refractivity contribution < 1.29 is 18.3 Å². The van der Waals surface area contributed by atoms with Gasteiger partial charge < -0.3 is 5.11 Å². The summed E-state index contributed by atoms with van der Waals surface area (Å²) in [5.74, 6) is -1.24. The molecule has 0 spiro atoms. The molecule has 0 saturated heterocycles. The molecule has 0 heterocycles. The van der Waals surface area contributed by atoms with Gasteiger partial charge in [0.15, 0.2) is 0 Å². The van der Waals surface area contributed by atoms with Gasteiger partial charge in [-0.15, -0.1) is 0 Å². The summed E-state index contributed by atoms with van der Waals surface area (Å²) in [5, 5.41) is 18.0. The maximum Gasteiger partial charge on any atom is 0.324 e. The molecule has 0 amide bonds. The lowest BCUT2D eigenvalue weighted by Gasteiger charge is -2.33. The van der Waals surface area contributed by atoms with Crippen LogP contribution < -0.4 is 0 Å². The van der Waals surface area contributed by atoms with E-state index in [2.05, 4.69) is 0 Å². The Bertz CT molecular complexity index is 659. The standard InChI is InChI=1S/C13H16N2O4S/c1-4-15(13(2,3)12(16)17)20(18,19)11-7-5-6-10(8-11)9-14/h5-8H,4H2,1-3H3,(H,16,17). The Hall–Kier alpha value is -1.91. The highest BCUT2D eigenvalue weighted by Crippen LogP contribution is 2.25. The quantitative estimate of drug-likeness (QED) is 0.886. The molecule has 0 aromatic heterocycles. The van der Waals surface area contributed by atoms with E-state index in [1.165, 1.54) is 38.1 Å². The van der Waals surface area contributed by atoms with E-state index in [9.17, 15) is 18.3 Å². The van der Waals surface area contributed by atoms with Gasteiger partial charge in [-0.2, -0.15) is 9.57 Å². The topological polar surface area (TPSA) is 98.5 Å². The lowest BCUT2D eigenvalue weighted by atomic mass is 10.1. The molecule has 0 aliphatic carbocycles. The van der Waals surface area contributed by atoms with Gasteiger partial charge in [0.25, 0.3) is 0 Å². The van der Waals surface area contributed by atoms with Crippen molar-refractivity contribution in [2.24, 2.45) is 0 Å². The second-order valence-corrected chi connectivity index (χ2v) is 6.54. The zero-order chi connectivity index (χ0) is 15.6. The fraction of sp³-hybridized carbons (Fsp3) is 0.385. The van der Waals surface area contributed by atoms with Crippen LogP contribution in [-0.4, -0.2) is 35.9 Å². The van der Waals surface area contributed by atoms with Crippen LogP contribution in [0.5, 0.6) is 0 Å². The molecule has 6 nitrogen and oxygen atoms in total. The zero-order valence-electron chi connectivity index (χ0n) is 11.5. The van der Waals surface area contributed by atoms with Gasteiger partial charge in [0, 0.05) is 6.54 Å². The molecule has 1 N–H and O–H groups in total. The molecule has 0 unspecified atom stereocenters. The van der Waals surface area contributed by atoms with Crippen LogP contribution >= 0.6 is 0 Å². The molecule has 0 bridgehead atoms. The van der Waals surface area contributed by atoms with E-state index >= 15 is 0 Å². The van der Waals surface area contributed by atoms with Crippen LogP contribution in [0, 0.1) is 11.3 Å². The molecule has 0 aliphatic heterocycles. The summed E-state index contributed by atoms with van der Waals surface area (Å²) in [6, 6.07) is 7.37. The summed E-state index contributed by atoms with van der Waals surface area (Å²) in [6.07, 6.45) is 0. The minimum Gasteiger partial charge on any atom is -0.480 e. The average Bonchev–Trinajstić information content (AvgIpc) is 2.38. The van der Waals surface area contributed by atoms with E-state index in [0.29, 0.717) is 0 Å². The third-order valence-electron chi connectivity index (χ3n) is 2.99. The number of hydrogen-bond acceptors (Lipinski definition) is 4. The first kappa shape index (κ1) is 16.1. The van der Waals surface area contributed by atoms with Crippen LogP contribution in [0.3, 0.4) is 0 Å². The Labute approximate surface area is 118 Å². The largest absolute Gasteiger partial charge is 0.480 e. The van der Waals surface area contributed by atoms with Gasteiger partial charge in [0.05, 0.1) is 16.5 Å². The molecule has 1 aromatic carbocycles. The van der Waals surface area contributed by atoms with Crippen LogP contribution in [0.2, 0.25) is 0 Å². The highest BCUT2D eigenvalue weighted by atomic mass is 32.2. The van der Waals surface area contributed by atoms with Gasteiger partial charge in [-0.1, -0.05) is 13.0 Å². The van der Waals surface area contributed by atoms with Crippen LogP contribution in [-0.2, 0) is 14.8 Å². The minimum atomic E-state index is -3.99. The molecule has 0 aliphatic rings. The van der Waals surface area contributed by atoms with E-state index in [0.717, 1.165) is 4.31 Å². The summed E-state index contributed by atoms with van der Waals surface area (Å²) < 4.78 is 26.0. The number of likely N-dealkylation sites (N-methyl/N-ethyl adjacent to an activating group) is 1. The number of nitrogens with zero attached hydrogens (tertiary/aromatic N) is 2. The van der Waals surface area contributed by atoms with Crippen molar-refractivity contribution in [2.45, 2.75) is 31.2 Å². The fourth-order valence-corrected chi connectivity index (χ4v) is 3.63. The predicted molar refractivity (Wildman–Crippen MR) is 72.4 cm³/mol. The van der Waals surface area contributed by atoms with Crippen LogP contribution in [0.1, 0.15) is 26.3 Å². The first-order valence-corrected chi connectivity index (χ1v) is 7.38. The number of sulfonamides is 1. The normalized spacial score (nSPS) is 12.2. The van der Waals surface area contributed by atoms with Crippen molar-refractivity contribution in [1.82, 2.24) is 4.31 Å². The molecule has 20 heavy (non-hydrogen) atoms. The summed E-state index contributed by atoms with van der Waals surface area (Å²) >= 11 is 0. The summed E-state index contributed by atoms with van der Waals surface area (Å²) in [4.78, 5) is 11.2. The monoisotopic (exact) mass is 296 g/mol. The van der Waals surface area contributed by atoms with E-state index in [1.807, 2.05) is 6.07 Å². The number of hydrogen-bond donors (Lipinski definition) is 1. The Morgan fingerprint density at radius 2 is 2.05 bits per heavy atom. The van der Waals surface area contributed by atoms with Crippen LogP contribution in [0.25, 0.3) is 0 Å². The maximum absolute atomic E-state index is 12.5. The van der Waals surface area contributed by atoms with Gasteiger partial charge in [0.2, 0.25) is 10.0 Å². The fourth-order valence-electron chi connectivity index (χ4n) is 1.83. The molecule has 108 valence electrons. The smallest absolute Gasteiger partial charge is 0.324 e. The van der Waals surface area contributed by atoms with Crippen molar-refractivity contribution in [2.75, 3.05) is 6.54 Å². The number of aliphatic carboxylic acids is 1. The Morgan fingerprint density at radius 3 is 2.50 bits per heavy atom. The molecule has 0 fully saturated rings. The first-order valence-electron chi connectivity index (χ1n) is 5.94. The van der Waals surface area contributed by atoms with Crippen molar-refractivity contribution in [3.05, 3.63) is 29.8 Å². The Balaban J connectivity index is 3.40. The Kier molecular flexibility index (Phi) is 4.53. The van der Waals surface area contributed by atoms with Crippen LogP contribution in [0.15, 0.2) is 29.2 Å². The number of nitriles is 1. The highest BCUT2D eigenvalue weighted by Gasteiger charge is 2.41. The molecule has 0 radical (unpaired) electrons. The highest BCUT2D eigenvalue weighted by molar-refractivity contribution is 7.89. The molecular formula is C13H16N2O4S. The van der Waals surface area contributed by atoms with E-state index < -0.39 is 21.5 Å². The molecule has 1 aromatic rings. The Morgan fingerprint density at radius 1 is 1.45 bits per heavy atom. The SMILES string of the molecule is CCN(C(C)(C)C(=O)O)S(=O)(=O)c1cccc(C#N)c1. The van der Waals surface area contributed by atoms with Crippen molar-refractivity contribution in [1.29, 1.82) is 5.26 Å². The summed E-state index contributed by atoms with van der Waals surface area (Å²) in [6.45, 7) is 4.23. The number of carboxylic acids is 1. The number of benzene rings is 1. The van der Waals surface area contributed by atoms with E-state index in [1.54, 1.807) is 6.92 Å². The summed E-state index contributed by atoms with van der Waals surface area (Å²) in [5.41, 5.74) is -1.37. The maximum atomic E-state index is 12.5. The third kappa shape index (κ3) is 2.81. The number of carboxylic acid groups (broad SMARTS) is 1. The second kappa shape index (κ2) is 5.61. The number of rotatable bonds is 5. The first-order chi connectivity index (χ1) is 9.17. The van der Waals surface area contributed by atoms with Crippen LogP contribution in [0.4, 0.5) is 0 Å². The second-order valence-electron chi connectivity index (χ2n) is 4.67. The molecular weight excluding hydrogens is 280 g/mol. The van der Waals surface area contributed by atoms with Gasteiger partial charge in [-0.3, -0.25) is 4.79 Å². The average molecular weight is 296 g/mol. The molecule has 1 rings (SSSR count). The van der Waals surface area contributed by atoms with Gasteiger partial charge in [-0.25, -0.2) is 8.42 Å².